The second kappa shape index (κ2) is 7.23. The van der Waals surface area contributed by atoms with Gasteiger partial charge in [-0.15, -0.1) is 11.8 Å². The van der Waals surface area contributed by atoms with E-state index in [1.54, 1.807) is 18.0 Å². The molecule has 0 N–H and O–H groups in total. The van der Waals surface area contributed by atoms with Gasteiger partial charge in [0, 0.05) is 29.4 Å². The van der Waals surface area contributed by atoms with Crippen LogP contribution in [0.1, 0.15) is 28.8 Å². The van der Waals surface area contributed by atoms with Gasteiger partial charge in [0.05, 0.1) is 6.54 Å². The van der Waals surface area contributed by atoms with Crippen LogP contribution in [0, 0.1) is 0 Å². The smallest absolute Gasteiger partial charge is 0.291 e. The van der Waals surface area contributed by atoms with E-state index < -0.39 is 0 Å². The molecule has 0 bridgehead atoms. The summed E-state index contributed by atoms with van der Waals surface area (Å²) in [6.45, 7) is 0.547. The van der Waals surface area contributed by atoms with Crippen LogP contribution in [0.5, 0.6) is 0 Å². The van der Waals surface area contributed by atoms with Crippen LogP contribution >= 0.6 is 11.8 Å². The van der Waals surface area contributed by atoms with Crippen molar-refractivity contribution >= 4 is 11.8 Å². The minimum atomic E-state index is -0.153. The van der Waals surface area contributed by atoms with Crippen LogP contribution in [0.4, 0.5) is 0 Å². The summed E-state index contributed by atoms with van der Waals surface area (Å²) >= 11 is 1.67. The van der Waals surface area contributed by atoms with Crippen LogP contribution in [0.2, 0.25) is 0 Å². The monoisotopic (exact) mass is 349 g/mol. The highest BCUT2D eigenvalue weighted by molar-refractivity contribution is 7.98. The third-order valence-corrected chi connectivity index (χ3v) is 5.57. The number of rotatable bonds is 5. The highest BCUT2D eigenvalue weighted by Gasteiger charge is 2.22. The van der Waals surface area contributed by atoms with Crippen LogP contribution in [0.15, 0.2) is 64.7 Å². The maximum absolute atomic E-state index is 12.6. The lowest BCUT2D eigenvalue weighted by molar-refractivity contribution is 0.665. The number of aromatic nitrogens is 3. The van der Waals surface area contributed by atoms with Crippen molar-refractivity contribution in [3.05, 3.63) is 87.7 Å². The molecule has 1 aromatic carbocycles. The molecule has 4 nitrogen and oxygen atoms in total. The molecule has 1 aliphatic rings. The first-order chi connectivity index (χ1) is 12.3. The zero-order valence-electron chi connectivity index (χ0n) is 13.9. The van der Waals surface area contributed by atoms with Gasteiger partial charge in [-0.2, -0.15) is 4.98 Å². The Labute approximate surface area is 151 Å². The van der Waals surface area contributed by atoms with Crippen molar-refractivity contribution in [3.8, 4) is 0 Å². The first kappa shape index (κ1) is 16.1. The van der Waals surface area contributed by atoms with E-state index in [2.05, 4.69) is 22.1 Å². The summed E-state index contributed by atoms with van der Waals surface area (Å²) < 4.78 is 1.83. The Balaban J connectivity index is 1.63. The van der Waals surface area contributed by atoms with E-state index in [4.69, 9.17) is 0 Å². The van der Waals surface area contributed by atoms with Crippen molar-refractivity contribution in [1.82, 2.24) is 14.5 Å². The topological polar surface area (TPSA) is 47.8 Å². The first-order valence-electron chi connectivity index (χ1n) is 8.49. The lowest BCUT2D eigenvalue weighted by atomic mass is 10.2. The predicted molar refractivity (Wildman–Crippen MR) is 99.9 cm³/mol. The van der Waals surface area contributed by atoms with E-state index in [-0.39, 0.29) is 5.69 Å². The summed E-state index contributed by atoms with van der Waals surface area (Å²) in [5.41, 5.74) is 4.54. The Bertz CT molecular complexity index is 923. The molecular formula is C20H19N3OS. The number of pyridine rings is 1. The molecule has 0 aliphatic heterocycles. The van der Waals surface area contributed by atoms with Gasteiger partial charge in [-0.05, 0) is 36.5 Å². The summed E-state index contributed by atoms with van der Waals surface area (Å²) in [5, 5.41) is 0.906. The number of hydrogen-bond acceptors (Lipinski definition) is 4. The fraction of sp³-hybridized carbons (Fsp3) is 0.250. The average molecular weight is 349 g/mol. The molecule has 0 radical (unpaired) electrons. The van der Waals surface area contributed by atoms with Gasteiger partial charge < -0.3 is 0 Å². The minimum Gasteiger partial charge on any atom is -0.291 e. The number of thioether (sulfide) groups is 1. The molecule has 0 unspecified atom stereocenters. The van der Waals surface area contributed by atoms with E-state index >= 15 is 0 Å². The molecule has 126 valence electrons. The van der Waals surface area contributed by atoms with Crippen LogP contribution in [-0.2, 0) is 25.1 Å². The summed E-state index contributed by atoms with van der Waals surface area (Å²) in [6.07, 6.45) is 6.61. The van der Waals surface area contributed by atoms with Crippen LogP contribution < -0.4 is 5.69 Å². The maximum atomic E-state index is 12.6. The summed E-state index contributed by atoms with van der Waals surface area (Å²) in [4.78, 5) is 21.2. The van der Waals surface area contributed by atoms with Gasteiger partial charge in [0.1, 0.15) is 5.03 Å². The molecule has 2 heterocycles. The van der Waals surface area contributed by atoms with Gasteiger partial charge in [0.2, 0.25) is 0 Å². The summed E-state index contributed by atoms with van der Waals surface area (Å²) in [6, 6.07) is 14.2. The van der Waals surface area contributed by atoms with Crippen molar-refractivity contribution in [2.45, 2.75) is 36.6 Å². The zero-order valence-corrected chi connectivity index (χ0v) is 14.7. The van der Waals surface area contributed by atoms with E-state index in [1.807, 2.05) is 41.1 Å². The third-order valence-electron chi connectivity index (χ3n) is 4.48. The van der Waals surface area contributed by atoms with Gasteiger partial charge in [-0.25, -0.2) is 4.79 Å². The van der Waals surface area contributed by atoms with Crippen molar-refractivity contribution in [3.63, 3.8) is 0 Å². The normalized spacial score (nSPS) is 13.0. The Hall–Kier alpha value is -2.40. The Morgan fingerprint density at radius 1 is 1.04 bits per heavy atom. The molecular weight excluding hydrogens is 330 g/mol. The van der Waals surface area contributed by atoms with Crippen molar-refractivity contribution in [2.24, 2.45) is 0 Å². The molecule has 0 atom stereocenters. The molecule has 1 aliphatic carbocycles. The number of fused-ring (bicyclic) bond motifs is 1. The van der Waals surface area contributed by atoms with Crippen LogP contribution in [0.25, 0.3) is 0 Å². The van der Waals surface area contributed by atoms with E-state index in [0.29, 0.717) is 6.54 Å². The van der Waals surface area contributed by atoms with Crippen LogP contribution in [0.3, 0.4) is 0 Å². The average Bonchev–Trinajstić information content (AvgIpc) is 3.14. The third kappa shape index (κ3) is 3.51. The SMILES string of the molecule is O=c1nc(SCc2ccccc2)c2c(n1Cc1cccnc1)CCC2. The molecule has 0 saturated heterocycles. The molecule has 3 aromatic rings. The number of hydrogen-bond donors (Lipinski definition) is 0. The Morgan fingerprint density at radius 2 is 1.88 bits per heavy atom. The Kier molecular flexibility index (Phi) is 4.65. The van der Waals surface area contributed by atoms with E-state index in [0.717, 1.165) is 41.3 Å². The molecule has 0 amide bonds. The molecule has 2 aromatic heterocycles. The predicted octanol–water partition coefficient (Wildman–Crippen LogP) is 3.47. The largest absolute Gasteiger partial charge is 0.349 e. The fourth-order valence-electron chi connectivity index (χ4n) is 3.27. The number of nitrogens with zero attached hydrogens (tertiary/aromatic N) is 3. The van der Waals surface area contributed by atoms with Gasteiger partial charge in [-0.1, -0.05) is 36.4 Å². The van der Waals surface area contributed by atoms with Crippen molar-refractivity contribution in [1.29, 1.82) is 0 Å². The number of benzene rings is 1. The molecule has 0 spiro atoms. The molecule has 25 heavy (non-hydrogen) atoms. The Morgan fingerprint density at radius 3 is 2.68 bits per heavy atom. The standard InChI is InChI=1S/C20H19N3OS/c24-20-22-19(25-14-15-6-2-1-3-7-15)17-9-4-10-18(17)23(20)13-16-8-5-11-21-12-16/h1-3,5-8,11-12H,4,9-10,13-14H2. The van der Waals surface area contributed by atoms with Gasteiger partial charge in [0.15, 0.2) is 0 Å². The highest BCUT2D eigenvalue weighted by Crippen LogP contribution is 2.31. The minimum absolute atomic E-state index is 0.153. The molecule has 4 rings (SSSR count). The molecule has 0 fully saturated rings. The zero-order chi connectivity index (χ0) is 17.1. The van der Waals surface area contributed by atoms with Crippen molar-refractivity contribution in [2.75, 3.05) is 0 Å². The highest BCUT2D eigenvalue weighted by atomic mass is 32.2. The molecule has 0 saturated carbocycles. The van der Waals surface area contributed by atoms with Crippen LogP contribution in [-0.4, -0.2) is 14.5 Å². The second-order valence-electron chi connectivity index (χ2n) is 6.20. The summed E-state index contributed by atoms with van der Waals surface area (Å²) in [5.74, 6) is 0.840. The van der Waals surface area contributed by atoms with Crippen molar-refractivity contribution < 1.29 is 0 Å². The van der Waals surface area contributed by atoms with Gasteiger partial charge >= 0.3 is 5.69 Å². The maximum Gasteiger partial charge on any atom is 0.349 e. The first-order valence-corrected chi connectivity index (χ1v) is 9.48. The van der Waals surface area contributed by atoms with Gasteiger partial charge in [0.25, 0.3) is 0 Å². The van der Waals surface area contributed by atoms with Gasteiger partial charge in [-0.3, -0.25) is 9.55 Å². The summed E-state index contributed by atoms with van der Waals surface area (Å²) in [7, 11) is 0. The van der Waals surface area contributed by atoms with E-state index in [1.165, 1.54) is 11.1 Å². The second-order valence-corrected chi connectivity index (χ2v) is 7.16. The lowest BCUT2D eigenvalue weighted by Crippen LogP contribution is -2.27. The molecule has 5 heteroatoms. The van der Waals surface area contributed by atoms with E-state index in [9.17, 15) is 4.79 Å². The fourth-order valence-corrected chi connectivity index (χ4v) is 4.30. The quantitative estimate of drug-likeness (QED) is 0.523. The lowest BCUT2D eigenvalue weighted by Gasteiger charge is -2.14.